The fourth-order valence-corrected chi connectivity index (χ4v) is 9.73. The van der Waals surface area contributed by atoms with E-state index in [0.29, 0.717) is 41.3 Å². The SMILES string of the molecule is CC1(C)COC(C)(C2CCC3C4CCC5C[C@@H](O[N+](=O)[O-])CC[C@]5(C)C4CC[C@@]32C)[NH+]1[O-]. The van der Waals surface area contributed by atoms with Crippen LogP contribution in [0.1, 0.15) is 92.4 Å². The van der Waals surface area contributed by atoms with Crippen LogP contribution >= 0.6 is 0 Å². The average Bonchev–Trinajstić information content (AvgIpc) is 3.18. The van der Waals surface area contributed by atoms with Gasteiger partial charge in [0, 0.05) is 12.8 Å². The molecule has 32 heavy (non-hydrogen) atoms. The number of fused-ring (bicyclic) bond motifs is 5. The maximum atomic E-state index is 13.4. The van der Waals surface area contributed by atoms with Crippen LogP contribution < -0.4 is 5.06 Å². The molecule has 1 N–H and O–H groups in total. The zero-order valence-electron chi connectivity index (χ0n) is 20.5. The van der Waals surface area contributed by atoms with Crippen LogP contribution in [0.15, 0.2) is 0 Å². The normalized spacial score (nSPS) is 54.4. The molecule has 0 aromatic heterocycles. The number of nitrogens with zero attached hydrogens (tertiary/aromatic N) is 1. The highest BCUT2D eigenvalue weighted by Gasteiger charge is 2.66. The van der Waals surface area contributed by atoms with Crippen molar-refractivity contribution in [3.8, 4) is 0 Å². The Labute approximate surface area is 192 Å². The summed E-state index contributed by atoms with van der Waals surface area (Å²) in [6.07, 6.45) is 9.54. The lowest BCUT2D eigenvalue weighted by Crippen LogP contribution is -3.21. The fraction of sp³-hybridized carbons (Fsp3) is 1.00. The van der Waals surface area contributed by atoms with Crippen LogP contribution in [-0.4, -0.2) is 29.1 Å². The van der Waals surface area contributed by atoms with Crippen molar-refractivity contribution in [2.45, 2.75) is 110 Å². The molecule has 4 aliphatic carbocycles. The summed E-state index contributed by atoms with van der Waals surface area (Å²) in [6, 6.07) is 0. The molecule has 0 aromatic rings. The van der Waals surface area contributed by atoms with Gasteiger partial charge in [-0.1, -0.05) is 13.8 Å². The summed E-state index contributed by atoms with van der Waals surface area (Å²) in [7, 11) is 0. The van der Waals surface area contributed by atoms with Crippen molar-refractivity contribution in [1.29, 1.82) is 0 Å². The van der Waals surface area contributed by atoms with E-state index in [-0.39, 0.29) is 22.5 Å². The van der Waals surface area contributed by atoms with E-state index in [4.69, 9.17) is 9.57 Å². The molecule has 1 aliphatic heterocycles. The van der Waals surface area contributed by atoms with Crippen molar-refractivity contribution in [1.82, 2.24) is 0 Å². The van der Waals surface area contributed by atoms with Gasteiger partial charge in [0.25, 0.3) is 5.09 Å². The first kappa shape index (κ1) is 22.9. The van der Waals surface area contributed by atoms with Gasteiger partial charge in [-0.3, -0.25) is 0 Å². The molecule has 7 nitrogen and oxygen atoms in total. The summed E-state index contributed by atoms with van der Waals surface area (Å²) >= 11 is 0. The van der Waals surface area contributed by atoms with Crippen molar-refractivity contribution in [3.05, 3.63) is 15.3 Å². The molecular weight excluding hydrogens is 408 g/mol. The third-order valence-electron chi connectivity index (χ3n) is 11.3. The minimum atomic E-state index is -0.640. The van der Waals surface area contributed by atoms with Gasteiger partial charge in [0.05, 0.1) is 0 Å². The number of hydrogen-bond acceptors (Lipinski definition) is 5. The van der Waals surface area contributed by atoms with Crippen LogP contribution in [-0.2, 0) is 9.57 Å². The van der Waals surface area contributed by atoms with Crippen LogP contribution in [0.3, 0.4) is 0 Å². The maximum Gasteiger partial charge on any atom is 0.294 e. The maximum absolute atomic E-state index is 13.4. The van der Waals surface area contributed by atoms with Gasteiger partial charge in [0.1, 0.15) is 18.2 Å². The summed E-state index contributed by atoms with van der Waals surface area (Å²) in [6.45, 7) is 11.6. The second-order valence-electron chi connectivity index (χ2n) is 13.2. The van der Waals surface area contributed by atoms with Crippen molar-refractivity contribution in [2.75, 3.05) is 6.61 Å². The average molecular weight is 451 g/mol. The first-order chi connectivity index (χ1) is 14.9. The molecule has 7 heteroatoms. The molecule has 0 spiro atoms. The number of quaternary nitrogens is 1. The number of hydroxylamine groups is 2. The van der Waals surface area contributed by atoms with Gasteiger partial charge in [-0.25, -0.2) is 0 Å². The predicted molar refractivity (Wildman–Crippen MR) is 120 cm³/mol. The zero-order valence-corrected chi connectivity index (χ0v) is 20.5. The van der Waals surface area contributed by atoms with Crippen LogP contribution in [0, 0.1) is 55.7 Å². The fourth-order valence-electron chi connectivity index (χ4n) is 9.73. The van der Waals surface area contributed by atoms with Crippen molar-refractivity contribution in [3.63, 3.8) is 0 Å². The van der Waals surface area contributed by atoms with Crippen LogP contribution in [0.5, 0.6) is 0 Å². The first-order valence-corrected chi connectivity index (χ1v) is 12.9. The van der Waals surface area contributed by atoms with E-state index in [1.807, 2.05) is 13.8 Å². The second-order valence-corrected chi connectivity index (χ2v) is 13.2. The summed E-state index contributed by atoms with van der Waals surface area (Å²) in [4.78, 5) is 15.9. The number of hydrogen-bond donors (Lipinski definition) is 1. The van der Waals surface area contributed by atoms with Gasteiger partial charge in [0.15, 0.2) is 0 Å². The lowest BCUT2D eigenvalue weighted by atomic mass is 9.44. The third kappa shape index (κ3) is 3.09. The highest BCUT2D eigenvalue weighted by molar-refractivity contribution is 5.11. The highest BCUT2D eigenvalue weighted by Crippen LogP contribution is 2.68. The lowest BCUT2D eigenvalue weighted by Gasteiger charge is -2.61. The van der Waals surface area contributed by atoms with Crippen LogP contribution in [0.2, 0.25) is 0 Å². The molecule has 182 valence electrons. The molecule has 0 aromatic carbocycles. The molecule has 0 bridgehead atoms. The monoisotopic (exact) mass is 450 g/mol. The van der Waals surface area contributed by atoms with Crippen LogP contribution in [0.4, 0.5) is 0 Å². The van der Waals surface area contributed by atoms with Crippen molar-refractivity contribution in [2.24, 2.45) is 40.4 Å². The Hall–Kier alpha value is -0.920. The molecule has 7 unspecified atom stereocenters. The van der Waals surface area contributed by atoms with Crippen molar-refractivity contribution >= 4 is 0 Å². The Kier molecular flexibility index (Phi) is 5.20. The Morgan fingerprint density at radius 3 is 2.28 bits per heavy atom. The van der Waals surface area contributed by atoms with E-state index >= 15 is 0 Å². The van der Waals surface area contributed by atoms with E-state index in [0.717, 1.165) is 32.1 Å². The van der Waals surface area contributed by atoms with Gasteiger partial charge in [0.2, 0.25) is 5.72 Å². The second kappa shape index (κ2) is 7.29. The van der Waals surface area contributed by atoms with E-state index in [1.165, 1.54) is 25.7 Å². The Morgan fingerprint density at radius 1 is 0.938 bits per heavy atom. The number of ether oxygens (including phenoxy) is 1. The minimum absolute atomic E-state index is 0.168. The molecule has 4 saturated carbocycles. The van der Waals surface area contributed by atoms with Gasteiger partial charge in [-0.15, -0.1) is 10.1 Å². The highest BCUT2D eigenvalue weighted by atomic mass is 17.0. The molecule has 0 radical (unpaired) electrons. The molecule has 5 aliphatic rings. The predicted octanol–water partition coefficient (Wildman–Crippen LogP) is 4.13. The van der Waals surface area contributed by atoms with E-state index in [2.05, 4.69) is 20.8 Å². The third-order valence-corrected chi connectivity index (χ3v) is 11.3. The summed E-state index contributed by atoms with van der Waals surface area (Å²) in [5.74, 6) is 2.90. The first-order valence-electron chi connectivity index (χ1n) is 12.9. The van der Waals surface area contributed by atoms with Gasteiger partial charge in [-0.05, 0) is 106 Å². The summed E-state index contributed by atoms with van der Waals surface area (Å²) < 4.78 is 6.33. The Morgan fingerprint density at radius 2 is 1.62 bits per heavy atom. The molecule has 1 saturated heterocycles. The summed E-state index contributed by atoms with van der Waals surface area (Å²) in [5, 5.41) is 24.0. The van der Waals surface area contributed by atoms with Gasteiger partial charge < -0.3 is 19.8 Å². The number of rotatable bonds is 3. The minimum Gasteiger partial charge on any atom is -0.632 e. The van der Waals surface area contributed by atoms with E-state index in [1.54, 1.807) is 0 Å². The lowest BCUT2D eigenvalue weighted by molar-refractivity contribution is -0.953. The van der Waals surface area contributed by atoms with E-state index < -0.39 is 10.8 Å². The smallest absolute Gasteiger partial charge is 0.294 e. The quantitative estimate of drug-likeness (QED) is 0.397. The Balaban J connectivity index is 1.36. The molecule has 1 heterocycles. The molecule has 5 fully saturated rings. The molecule has 10 atom stereocenters. The summed E-state index contributed by atoms with van der Waals surface area (Å²) in [5.41, 5.74) is -0.583. The Bertz CT molecular complexity index is 775. The molecule has 5 rings (SSSR count). The molecular formula is C25H42N2O5. The molecule has 0 amide bonds. The zero-order chi connectivity index (χ0) is 23.1. The number of nitrogens with one attached hydrogen (secondary N) is 1. The van der Waals surface area contributed by atoms with Crippen LogP contribution in [0.25, 0.3) is 0 Å². The standard InChI is InChI=1S/C25H42N2O5/c1-22(2)15-31-25(5,26(22)28)21-9-8-19-18-7-6-16-14-17(32-27(29)30)10-12-23(16,3)20(18)11-13-24(19,21)4/h16-21,26H,6-15H2,1-5H3/t16?,17-,18?,19?,20?,21?,23-,24-,25?/m0/s1. The van der Waals surface area contributed by atoms with Gasteiger partial charge in [-0.2, -0.15) is 0 Å². The van der Waals surface area contributed by atoms with Gasteiger partial charge >= 0.3 is 0 Å². The largest absolute Gasteiger partial charge is 0.632 e. The van der Waals surface area contributed by atoms with E-state index in [9.17, 15) is 15.3 Å². The van der Waals surface area contributed by atoms with Crippen molar-refractivity contribution < 1.29 is 19.7 Å². The topological polar surface area (TPSA) is 89.1 Å².